The van der Waals surface area contributed by atoms with E-state index in [1.165, 1.54) is 24.3 Å². The lowest BCUT2D eigenvalue weighted by Gasteiger charge is -2.35. The molecular weight excluding hydrogens is 540 g/mol. The molecule has 180 valence electrons. The van der Waals surface area contributed by atoms with Gasteiger partial charge in [0, 0.05) is 38.3 Å². The topological polar surface area (TPSA) is 92.0 Å². The molecule has 0 radical (unpaired) electrons. The zero-order valence-electron chi connectivity index (χ0n) is 18.7. The lowest BCUT2D eigenvalue weighted by molar-refractivity contribution is -0.384. The van der Waals surface area contributed by atoms with Crippen LogP contribution < -0.4 is 10.6 Å². The smallest absolute Gasteiger partial charge is 0.269 e. The van der Waals surface area contributed by atoms with Crippen molar-refractivity contribution >= 4 is 35.6 Å². The fraction of sp³-hybridized carbons (Fsp3) is 0.435. The van der Waals surface area contributed by atoms with Gasteiger partial charge in [-0.05, 0) is 29.7 Å². The Labute approximate surface area is 210 Å². The number of hydrogen-bond donors (Lipinski definition) is 2. The van der Waals surface area contributed by atoms with Gasteiger partial charge in [0.2, 0.25) is 0 Å². The number of benzene rings is 2. The number of rotatable bonds is 9. The molecule has 0 saturated carbocycles. The third kappa shape index (κ3) is 8.52. The maximum atomic E-state index is 13.5. The number of nitro groups is 1. The van der Waals surface area contributed by atoms with Gasteiger partial charge < -0.3 is 15.4 Å². The average Bonchev–Trinajstić information content (AvgIpc) is 2.82. The summed E-state index contributed by atoms with van der Waals surface area (Å²) in [5.74, 6) is 0.419. The fourth-order valence-corrected chi connectivity index (χ4v) is 3.54. The van der Waals surface area contributed by atoms with Crippen molar-refractivity contribution in [3.8, 4) is 0 Å². The van der Waals surface area contributed by atoms with Gasteiger partial charge in [-0.2, -0.15) is 0 Å². The highest BCUT2D eigenvalue weighted by Crippen LogP contribution is 2.21. The first kappa shape index (κ1) is 26.9. The Kier molecular flexibility index (Phi) is 11.5. The molecule has 3 rings (SSSR count). The summed E-state index contributed by atoms with van der Waals surface area (Å²) in [4.78, 5) is 17.4. The van der Waals surface area contributed by atoms with E-state index in [-0.39, 0.29) is 41.5 Å². The van der Waals surface area contributed by atoms with Crippen molar-refractivity contribution in [3.63, 3.8) is 0 Å². The molecule has 33 heavy (non-hydrogen) atoms. The van der Waals surface area contributed by atoms with Gasteiger partial charge in [0.05, 0.1) is 30.7 Å². The molecular formula is C23H31FIN5O3. The molecule has 1 aliphatic heterocycles. The van der Waals surface area contributed by atoms with Gasteiger partial charge in [0.1, 0.15) is 5.82 Å². The first-order chi connectivity index (χ1) is 15.6. The maximum Gasteiger partial charge on any atom is 0.269 e. The van der Waals surface area contributed by atoms with Crippen molar-refractivity contribution in [3.05, 3.63) is 75.6 Å². The van der Waals surface area contributed by atoms with Crippen LogP contribution in [-0.4, -0.2) is 55.2 Å². The molecule has 2 aromatic rings. The summed E-state index contributed by atoms with van der Waals surface area (Å²) >= 11 is 0. The summed E-state index contributed by atoms with van der Waals surface area (Å²) in [6.07, 6.45) is 0.948. The second kappa shape index (κ2) is 14.1. The number of aliphatic imine (C=N–C) groups is 1. The number of nitrogens with one attached hydrogen (secondary N) is 2. The number of hydrogen-bond acceptors (Lipinski definition) is 5. The second-order valence-electron chi connectivity index (χ2n) is 7.61. The monoisotopic (exact) mass is 571 g/mol. The SMILES string of the molecule is CCCNC(=NCc1ccc([N+](=O)[O-])cc1)NCC(c1ccc(F)cc1)N1CCOCC1.I. The van der Waals surface area contributed by atoms with Crippen LogP contribution in [0.2, 0.25) is 0 Å². The molecule has 0 bridgehead atoms. The van der Waals surface area contributed by atoms with Crippen LogP contribution in [0.5, 0.6) is 0 Å². The predicted octanol–water partition coefficient (Wildman–Crippen LogP) is 3.87. The largest absolute Gasteiger partial charge is 0.379 e. The van der Waals surface area contributed by atoms with E-state index in [2.05, 4.69) is 27.4 Å². The van der Waals surface area contributed by atoms with Crippen molar-refractivity contribution in [2.75, 3.05) is 39.4 Å². The molecule has 1 fully saturated rings. The minimum Gasteiger partial charge on any atom is -0.379 e. The van der Waals surface area contributed by atoms with Gasteiger partial charge in [0.15, 0.2) is 5.96 Å². The highest BCUT2D eigenvalue weighted by atomic mass is 127. The van der Waals surface area contributed by atoms with Crippen molar-refractivity contribution in [2.24, 2.45) is 4.99 Å². The van der Waals surface area contributed by atoms with Crippen LogP contribution in [0.4, 0.5) is 10.1 Å². The lowest BCUT2D eigenvalue weighted by Crippen LogP contribution is -2.46. The molecule has 0 spiro atoms. The lowest BCUT2D eigenvalue weighted by atomic mass is 10.0. The van der Waals surface area contributed by atoms with Crippen molar-refractivity contribution < 1.29 is 14.1 Å². The van der Waals surface area contributed by atoms with E-state index in [0.29, 0.717) is 32.3 Å². The molecule has 10 heteroatoms. The number of nitro benzene ring substituents is 1. The van der Waals surface area contributed by atoms with Crippen LogP contribution in [0.1, 0.15) is 30.5 Å². The Morgan fingerprint density at radius 2 is 1.82 bits per heavy atom. The number of morpholine rings is 1. The number of non-ortho nitro benzene ring substituents is 1. The number of halogens is 2. The first-order valence-electron chi connectivity index (χ1n) is 10.9. The van der Waals surface area contributed by atoms with E-state index in [4.69, 9.17) is 4.74 Å². The average molecular weight is 571 g/mol. The molecule has 0 aromatic heterocycles. The molecule has 8 nitrogen and oxygen atoms in total. The van der Waals surface area contributed by atoms with Gasteiger partial charge in [-0.15, -0.1) is 24.0 Å². The van der Waals surface area contributed by atoms with Gasteiger partial charge in [0.25, 0.3) is 5.69 Å². The van der Waals surface area contributed by atoms with Crippen LogP contribution in [-0.2, 0) is 11.3 Å². The summed E-state index contributed by atoms with van der Waals surface area (Å²) in [6, 6.07) is 13.1. The Morgan fingerprint density at radius 3 is 2.42 bits per heavy atom. The highest BCUT2D eigenvalue weighted by molar-refractivity contribution is 14.0. The van der Waals surface area contributed by atoms with E-state index < -0.39 is 4.92 Å². The number of ether oxygens (including phenoxy) is 1. The van der Waals surface area contributed by atoms with Gasteiger partial charge >= 0.3 is 0 Å². The molecule has 0 aliphatic carbocycles. The van der Waals surface area contributed by atoms with E-state index in [1.807, 2.05) is 12.1 Å². The third-order valence-corrected chi connectivity index (χ3v) is 5.31. The van der Waals surface area contributed by atoms with E-state index in [9.17, 15) is 14.5 Å². The van der Waals surface area contributed by atoms with Gasteiger partial charge in [-0.1, -0.05) is 31.2 Å². The molecule has 1 atom stereocenters. The van der Waals surface area contributed by atoms with E-state index >= 15 is 0 Å². The third-order valence-electron chi connectivity index (χ3n) is 5.31. The summed E-state index contributed by atoms with van der Waals surface area (Å²) < 4.78 is 19.0. The molecule has 2 N–H and O–H groups in total. The van der Waals surface area contributed by atoms with Crippen LogP contribution in [0.3, 0.4) is 0 Å². The number of guanidine groups is 1. The molecule has 1 heterocycles. The molecule has 1 saturated heterocycles. The molecule has 1 unspecified atom stereocenters. The van der Waals surface area contributed by atoms with E-state index in [1.54, 1.807) is 12.1 Å². The van der Waals surface area contributed by atoms with E-state index in [0.717, 1.165) is 37.2 Å². The van der Waals surface area contributed by atoms with Crippen LogP contribution in [0.15, 0.2) is 53.5 Å². The van der Waals surface area contributed by atoms with Crippen molar-refractivity contribution in [1.29, 1.82) is 0 Å². The minimum atomic E-state index is -0.413. The Balaban J connectivity index is 0.00000385. The minimum absolute atomic E-state index is 0. The Hall–Kier alpha value is -2.31. The van der Waals surface area contributed by atoms with Crippen LogP contribution in [0.25, 0.3) is 0 Å². The highest BCUT2D eigenvalue weighted by Gasteiger charge is 2.23. The summed E-state index contributed by atoms with van der Waals surface area (Å²) in [5.41, 5.74) is 1.98. The maximum absolute atomic E-state index is 13.5. The van der Waals surface area contributed by atoms with Crippen LogP contribution >= 0.6 is 24.0 Å². The van der Waals surface area contributed by atoms with Crippen molar-refractivity contribution in [2.45, 2.75) is 25.9 Å². The zero-order chi connectivity index (χ0) is 22.8. The summed E-state index contributed by atoms with van der Waals surface area (Å²) in [6.45, 7) is 6.81. The fourth-order valence-electron chi connectivity index (χ4n) is 3.54. The van der Waals surface area contributed by atoms with Gasteiger partial charge in [-0.3, -0.25) is 15.0 Å². The first-order valence-corrected chi connectivity index (χ1v) is 10.9. The normalized spacial score (nSPS) is 15.4. The Morgan fingerprint density at radius 1 is 1.15 bits per heavy atom. The standard InChI is InChI=1S/C23H30FN5O3.HI/c1-2-11-25-23(26-16-18-3-9-21(10-4-18)29(30)31)27-17-22(28-12-14-32-15-13-28)19-5-7-20(24)8-6-19;/h3-10,22H,2,11-17H2,1H3,(H2,25,26,27);1H. The van der Waals surface area contributed by atoms with Crippen LogP contribution in [0, 0.1) is 15.9 Å². The molecule has 2 aromatic carbocycles. The second-order valence-corrected chi connectivity index (χ2v) is 7.61. The molecule has 0 amide bonds. The predicted molar refractivity (Wildman–Crippen MR) is 137 cm³/mol. The van der Waals surface area contributed by atoms with Crippen molar-refractivity contribution in [1.82, 2.24) is 15.5 Å². The zero-order valence-corrected chi connectivity index (χ0v) is 21.0. The molecule has 1 aliphatic rings. The Bertz CT molecular complexity index is 890. The summed E-state index contributed by atoms with van der Waals surface area (Å²) in [7, 11) is 0. The summed E-state index contributed by atoms with van der Waals surface area (Å²) in [5, 5.41) is 17.6. The van der Waals surface area contributed by atoms with Gasteiger partial charge in [-0.25, -0.2) is 9.38 Å². The number of nitrogens with zero attached hydrogens (tertiary/aromatic N) is 3. The quantitative estimate of drug-likeness (QED) is 0.156.